The average molecular weight is 350 g/mol. The lowest BCUT2D eigenvalue weighted by Crippen LogP contribution is -1.90. The van der Waals surface area contributed by atoms with Gasteiger partial charge in [-0.3, -0.25) is 0 Å². The van der Waals surface area contributed by atoms with Gasteiger partial charge in [0.15, 0.2) is 0 Å². The molecular formula is C13H8BrCl2FO. The van der Waals surface area contributed by atoms with Crippen LogP contribution < -0.4 is 4.74 Å². The zero-order valence-corrected chi connectivity index (χ0v) is 12.2. The molecule has 5 heteroatoms. The van der Waals surface area contributed by atoms with E-state index in [0.29, 0.717) is 21.0 Å². The van der Waals surface area contributed by atoms with Gasteiger partial charge >= 0.3 is 0 Å². The van der Waals surface area contributed by atoms with Crippen molar-refractivity contribution in [1.82, 2.24) is 0 Å². The molecular weight excluding hydrogens is 342 g/mol. The van der Waals surface area contributed by atoms with Crippen molar-refractivity contribution >= 4 is 39.1 Å². The summed E-state index contributed by atoms with van der Waals surface area (Å²) in [5.74, 6) is 1.08. The zero-order chi connectivity index (χ0) is 13.1. The van der Waals surface area contributed by atoms with Gasteiger partial charge in [0.2, 0.25) is 0 Å². The molecule has 0 saturated carbocycles. The van der Waals surface area contributed by atoms with Gasteiger partial charge in [0.05, 0.1) is 10.4 Å². The molecule has 0 unspecified atom stereocenters. The van der Waals surface area contributed by atoms with Crippen LogP contribution in [-0.4, -0.2) is 0 Å². The Morgan fingerprint density at radius 3 is 2.61 bits per heavy atom. The Morgan fingerprint density at radius 1 is 1.17 bits per heavy atom. The molecule has 0 aliphatic rings. The number of hydrogen-bond acceptors (Lipinski definition) is 1. The van der Waals surface area contributed by atoms with Crippen molar-refractivity contribution in [2.24, 2.45) is 0 Å². The third kappa shape index (κ3) is 3.16. The molecule has 0 aliphatic heterocycles. The molecule has 0 radical (unpaired) electrons. The number of halogens is 4. The Hall–Kier alpha value is -0.770. The maximum absolute atomic E-state index is 13.1. The number of hydrogen-bond donors (Lipinski definition) is 0. The van der Waals surface area contributed by atoms with Crippen molar-refractivity contribution in [3.05, 3.63) is 57.3 Å². The average Bonchev–Trinajstić information content (AvgIpc) is 2.36. The predicted octanol–water partition coefficient (Wildman–Crippen LogP) is 5.77. The molecule has 0 aliphatic carbocycles. The van der Waals surface area contributed by atoms with E-state index in [9.17, 15) is 4.39 Å². The normalized spacial score (nSPS) is 10.4. The molecule has 18 heavy (non-hydrogen) atoms. The molecule has 0 spiro atoms. The second-order valence-electron chi connectivity index (χ2n) is 3.56. The van der Waals surface area contributed by atoms with E-state index in [2.05, 4.69) is 15.9 Å². The lowest BCUT2D eigenvalue weighted by atomic mass is 10.2. The minimum atomic E-state index is -0.337. The molecule has 2 aromatic rings. The summed E-state index contributed by atoms with van der Waals surface area (Å²) in [5, 5.41) is 0.596. The van der Waals surface area contributed by atoms with Crippen LogP contribution in [0.1, 0.15) is 5.56 Å². The second kappa shape index (κ2) is 5.91. The Kier molecular flexibility index (Phi) is 4.49. The van der Waals surface area contributed by atoms with Crippen LogP contribution in [0.3, 0.4) is 0 Å². The van der Waals surface area contributed by atoms with E-state index >= 15 is 0 Å². The summed E-state index contributed by atoms with van der Waals surface area (Å²) in [5.41, 5.74) is 0.782. The highest BCUT2D eigenvalue weighted by Crippen LogP contribution is 2.31. The van der Waals surface area contributed by atoms with Crippen LogP contribution in [-0.2, 0) is 5.88 Å². The fraction of sp³-hybridized carbons (Fsp3) is 0.0769. The first-order valence-electron chi connectivity index (χ1n) is 5.07. The SMILES string of the molecule is Fc1ccc(Oc2ccc(Cl)cc2CCl)cc1Br. The first-order chi connectivity index (χ1) is 8.60. The maximum Gasteiger partial charge on any atom is 0.137 e. The third-order valence-corrected chi connectivity index (χ3v) is 3.42. The smallest absolute Gasteiger partial charge is 0.137 e. The topological polar surface area (TPSA) is 9.23 Å². The van der Waals surface area contributed by atoms with E-state index in [1.165, 1.54) is 6.07 Å². The Bertz CT molecular complexity index is 575. The van der Waals surface area contributed by atoms with Gasteiger partial charge in [-0.1, -0.05) is 11.6 Å². The summed E-state index contributed by atoms with van der Waals surface area (Å²) in [6, 6.07) is 9.62. The first kappa shape index (κ1) is 13.7. The maximum atomic E-state index is 13.1. The summed E-state index contributed by atoms with van der Waals surface area (Å²) < 4.78 is 19.1. The summed E-state index contributed by atoms with van der Waals surface area (Å²) >= 11 is 14.8. The predicted molar refractivity (Wildman–Crippen MR) is 75.2 cm³/mol. The van der Waals surface area contributed by atoms with E-state index in [1.54, 1.807) is 30.3 Å². The van der Waals surface area contributed by atoms with Gasteiger partial charge in [-0.25, -0.2) is 4.39 Å². The van der Waals surface area contributed by atoms with E-state index in [1.807, 2.05) is 0 Å². The fourth-order valence-electron chi connectivity index (χ4n) is 1.42. The lowest BCUT2D eigenvalue weighted by molar-refractivity contribution is 0.475. The van der Waals surface area contributed by atoms with Crippen LogP contribution in [0, 0.1) is 5.82 Å². The number of ether oxygens (including phenoxy) is 1. The molecule has 0 aromatic heterocycles. The zero-order valence-electron chi connectivity index (χ0n) is 9.09. The first-order valence-corrected chi connectivity index (χ1v) is 6.78. The van der Waals surface area contributed by atoms with Crippen LogP contribution in [0.15, 0.2) is 40.9 Å². The number of alkyl halides is 1. The molecule has 0 heterocycles. The van der Waals surface area contributed by atoms with Crippen molar-refractivity contribution in [1.29, 1.82) is 0 Å². The fourth-order valence-corrected chi connectivity index (χ4v) is 2.18. The number of benzene rings is 2. The summed E-state index contributed by atoms with van der Waals surface area (Å²) in [4.78, 5) is 0. The van der Waals surface area contributed by atoms with Gasteiger partial charge in [-0.15, -0.1) is 11.6 Å². The van der Waals surface area contributed by atoms with Crippen LogP contribution >= 0.6 is 39.1 Å². The molecule has 0 amide bonds. The molecule has 0 atom stereocenters. The van der Waals surface area contributed by atoms with E-state index in [0.717, 1.165) is 5.56 Å². The van der Waals surface area contributed by atoms with Crippen LogP contribution in [0.25, 0.3) is 0 Å². The van der Waals surface area contributed by atoms with Gasteiger partial charge in [0, 0.05) is 10.6 Å². The van der Waals surface area contributed by atoms with Gasteiger partial charge in [-0.2, -0.15) is 0 Å². The van der Waals surface area contributed by atoms with E-state index < -0.39 is 0 Å². The standard InChI is InChI=1S/C13H8BrCl2FO/c14-11-6-10(2-3-12(11)17)18-13-4-1-9(16)5-8(13)7-15/h1-6H,7H2. The van der Waals surface area contributed by atoms with Crippen LogP contribution in [0.5, 0.6) is 11.5 Å². The summed E-state index contributed by atoms with van der Waals surface area (Å²) in [6.45, 7) is 0. The van der Waals surface area contributed by atoms with Gasteiger partial charge in [0.1, 0.15) is 17.3 Å². The molecule has 2 rings (SSSR count). The van der Waals surface area contributed by atoms with Crippen LogP contribution in [0.4, 0.5) is 4.39 Å². The molecule has 94 valence electrons. The van der Waals surface area contributed by atoms with Crippen molar-refractivity contribution in [3.8, 4) is 11.5 Å². The molecule has 0 saturated heterocycles. The van der Waals surface area contributed by atoms with Crippen molar-refractivity contribution in [2.75, 3.05) is 0 Å². The highest BCUT2D eigenvalue weighted by molar-refractivity contribution is 9.10. The highest BCUT2D eigenvalue weighted by Gasteiger charge is 2.07. The summed E-state index contributed by atoms with van der Waals surface area (Å²) in [7, 11) is 0. The quantitative estimate of drug-likeness (QED) is 0.639. The van der Waals surface area contributed by atoms with Crippen molar-refractivity contribution in [3.63, 3.8) is 0 Å². The lowest BCUT2D eigenvalue weighted by Gasteiger charge is -2.10. The monoisotopic (exact) mass is 348 g/mol. The molecule has 2 aromatic carbocycles. The molecule has 0 fully saturated rings. The van der Waals surface area contributed by atoms with E-state index in [4.69, 9.17) is 27.9 Å². The highest BCUT2D eigenvalue weighted by atomic mass is 79.9. The third-order valence-electron chi connectivity index (χ3n) is 2.29. The number of rotatable bonds is 3. The van der Waals surface area contributed by atoms with E-state index in [-0.39, 0.29) is 11.7 Å². The van der Waals surface area contributed by atoms with Crippen molar-refractivity contribution in [2.45, 2.75) is 5.88 Å². The minimum Gasteiger partial charge on any atom is -0.457 e. The minimum absolute atomic E-state index is 0.290. The molecule has 0 N–H and O–H groups in total. The van der Waals surface area contributed by atoms with Crippen LogP contribution in [0.2, 0.25) is 5.02 Å². The van der Waals surface area contributed by atoms with Gasteiger partial charge < -0.3 is 4.74 Å². The second-order valence-corrected chi connectivity index (χ2v) is 5.12. The van der Waals surface area contributed by atoms with Crippen molar-refractivity contribution < 1.29 is 9.13 Å². The summed E-state index contributed by atoms with van der Waals surface area (Å²) in [6.07, 6.45) is 0. The largest absolute Gasteiger partial charge is 0.457 e. The molecule has 1 nitrogen and oxygen atoms in total. The Labute approximate surface area is 123 Å². The van der Waals surface area contributed by atoms with Gasteiger partial charge in [0.25, 0.3) is 0 Å². The Balaban J connectivity index is 2.30. The Morgan fingerprint density at radius 2 is 1.94 bits per heavy atom. The van der Waals surface area contributed by atoms with Gasteiger partial charge in [-0.05, 0) is 52.3 Å². The molecule has 0 bridgehead atoms.